The van der Waals surface area contributed by atoms with E-state index in [1.165, 1.54) is 12.1 Å². The van der Waals surface area contributed by atoms with E-state index in [1.807, 2.05) is 0 Å². The second-order valence-electron chi connectivity index (χ2n) is 4.53. The molecule has 0 heterocycles. The minimum Gasteiger partial charge on any atom is -0.211 e. The third-order valence-corrected chi connectivity index (χ3v) is 5.75. The number of benzene rings is 1. The standard InChI is InChI=1S/C11H12Cl3NO2S/c12-6-11(3-4-11)7-15-18(16,17)10-5-8(13)1-2-9(10)14/h1-2,5,15H,3-4,6-7H2. The Morgan fingerprint density at radius 3 is 2.50 bits per heavy atom. The van der Waals surface area contributed by atoms with Crippen LogP contribution in [-0.2, 0) is 10.0 Å². The summed E-state index contributed by atoms with van der Waals surface area (Å²) in [5, 5.41) is 0.487. The molecule has 1 N–H and O–H groups in total. The van der Waals surface area contributed by atoms with Crippen molar-refractivity contribution in [2.75, 3.05) is 12.4 Å². The third kappa shape index (κ3) is 3.11. The maximum atomic E-state index is 12.1. The van der Waals surface area contributed by atoms with Crippen LogP contribution in [0, 0.1) is 5.41 Å². The van der Waals surface area contributed by atoms with Gasteiger partial charge in [-0.2, -0.15) is 0 Å². The molecule has 1 fully saturated rings. The van der Waals surface area contributed by atoms with Crippen LogP contribution in [-0.4, -0.2) is 20.8 Å². The van der Waals surface area contributed by atoms with Gasteiger partial charge >= 0.3 is 0 Å². The van der Waals surface area contributed by atoms with Crippen LogP contribution >= 0.6 is 34.8 Å². The van der Waals surface area contributed by atoms with Gasteiger partial charge in [0, 0.05) is 17.4 Å². The van der Waals surface area contributed by atoms with E-state index >= 15 is 0 Å². The number of nitrogens with one attached hydrogen (secondary N) is 1. The van der Waals surface area contributed by atoms with E-state index in [0.29, 0.717) is 17.4 Å². The summed E-state index contributed by atoms with van der Waals surface area (Å²) in [6.07, 6.45) is 1.89. The molecule has 0 spiro atoms. The monoisotopic (exact) mass is 327 g/mol. The van der Waals surface area contributed by atoms with E-state index in [0.717, 1.165) is 12.8 Å². The SMILES string of the molecule is O=S(=O)(NCC1(CCl)CC1)c1cc(Cl)ccc1Cl. The lowest BCUT2D eigenvalue weighted by atomic mass is 10.1. The summed E-state index contributed by atoms with van der Waals surface area (Å²) in [6, 6.07) is 4.35. The highest BCUT2D eigenvalue weighted by atomic mass is 35.5. The van der Waals surface area contributed by atoms with Gasteiger partial charge in [0.2, 0.25) is 10.0 Å². The third-order valence-electron chi connectivity index (χ3n) is 3.06. The fraction of sp³-hybridized carbons (Fsp3) is 0.455. The van der Waals surface area contributed by atoms with E-state index in [-0.39, 0.29) is 15.3 Å². The molecule has 0 atom stereocenters. The number of hydrogen-bond acceptors (Lipinski definition) is 2. The van der Waals surface area contributed by atoms with Gasteiger partial charge in [0.15, 0.2) is 0 Å². The van der Waals surface area contributed by atoms with Crippen LogP contribution in [0.25, 0.3) is 0 Å². The van der Waals surface area contributed by atoms with Crippen LogP contribution in [0.5, 0.6) is 0 Å². The van der Waals surface area contributed by atoms with Gasteiger partial charge in [0.05, 0.1) is 5.02 Å². The van der Waals surface area contributed by atoms with Crippen LogP contribution in [0.4, 0.5) is 0 Å². The minimum absolute atomic E-state index is 0.00189. The zero-order valence-electron chi connectivity index (χ0n) is 9.42. The first-order valence-electron chi connectivity index (χ1n) is 5.39. The maximum Gasteiger partial charge on any atom is 0.242 e. The smallest absolute Gasteiger partial charge is 0.211 e. The predicted molar refractivity (Wildman–Crippen MR) is 74.0 cm³/mol. The molecular formula is C11H12Cl3NO2S. The zero-order chi connectivity index (χ0) is 13.4. The average molecular weight is 329 g/mol. The molecule has 1 aromatic rings. The first-order valence-corrected chi connectivity index (χ1v) is 8.17. The minimum atomic E-state index is -3.64. The Morgan fingerprint density at radius 2 is 1.94 bits per heavy atom. The van der Waals surface area contributed by atoms with Crippen LogP contribution in [0.1, 0.15) is 12.8 Å². The van der Waals surface area contributed by atoms with Crippen LogP contribution in [0.2, 0.25) is 10.0 Å². The van der Waals surface area contributed by atoms with Gasteiger partial charge in [-0.1, -0.05) is 23.2 Å². The molecule has 0 amide bonds. The van der Waals surface area contributed by atoms with Crippen molar-refractivity contribution in [2.24, 2.45) is 5.41 Å². The molecule has 18 heavy (non-hydrogen) atoms. The van der Waals surface area contributed by atoms with Gasteiger partial charge in [0.1, 0.15) is 4.90 Å². The second-order valence-corrected chi connectivity index (χ2v) is 7.38. The highest BCUT2D eigenvalue weighted by Crippen LogP contribution is 2.46. The Hall–Kier alpha value is -0.000000000000000167. The lowest BCUT2D eigenvalue weighted by molar-refractivity contribution is 0.534. The number of rotatable bonds is 5. The molecule has 3 nitrogen and oxygen atoms in total. The van der Waals surface area contributed by atoms with Crippen LogP contribution < -0.4 is 4.72 Å². The molecule has 7 heteroatoms. The summed E-state index contributed by atoms with van der Waals surface area (Å²) < 4.78 is 26.7. The summed E-state index contributed by atoms with van der Waals surface area (Å²) in [5.74, 6) is 0.457. The summed E-state index contributed by atoms with van der Waals surface area (Å²) in [6.45, 7) is 0.335. The van der Waals surface area contributed by atoms with Gasteiger partial charge in [-0.15, -0.1) is 11.6 Å². The summed E-state index contributed by atoms with van der Waals surface area (Å²) >= 11 is 17.5. The van der Waals surface area contributed by atoms with Gasteiger partial charge < -0.3 is 0 Å². The first kappa shape index (κ1) is 14.4. The lowest BCUT2D eigenvalue weighted by Crippen LogP contribution is -2.31. The fourth-order valence-corrected chi connectivity index (χ4v) is 3.82. The molecule has 1 aliphatic rings. The molecule has 2 rings (SSSR count). The Balaban J connectivity index is 2.18. The average Bonchev–Trinajstić information content (AvgIpc) is 3.11. The van der Waals surface area contributed by atoms with Crippen LogP contribution in [0.3, 0.4) is 0 Å². The van der Waals surface area contributed by atoms with Crippen LogP contribution in [0.15, 0.2) is 23.1 Å². The molecular weight excluding hydrogens is 317 g/mol. The van der Waals surface area contributed by atoms with Gasteiger partial charge in [-0.25, -0.2) is 13.1 Å². The van der Waals surface area contributed by atoms with Crippen molar-refractivity contribution >= 4 is 44.8 Å². The van der Waals surface area contributed by atoms with Crippen molar-refractivity contribution in [3.63, 3.8) is 0 Å². The van der Waals surface area contributed by atoms with E-state index in [9.17, 15) is 8.42 Å². The molecule has 1 saturated carbocycles. The Morgan fingerprint density at radius 1 is 1.28 bits per heavy atom. The van der Waals surface area contributed by atoms with E-state index < -0.39 is 10.0 Å². The molecule has 1 aromatic carbocycles. The number of alkyl halides is 1. The zero-order valence-corrected chi connectivity index (χ0v) is 12.5. The van der Waals surface area contributed by atoms with Crippen molar-refractivity contribution < 1.29 is 8.42 Å². The first-order chi connectivity index (χ1) is 8.38. The molecule has 0 saturated heterocycles. The fourth-order valence-electron chi connectivity index (χ4n) is 1.54. The van der Waals surface area contributed by atoms with Crippen molar-refractivity contribution in [1.29, 1.82) is 0 Å². The van der Waals surface area contributed by atoms with Gasteiger partial charge in [-0.3, -0.25) is 0 Å². The van der Waals surface area contributed by atoms with E-state index in [2.05, 4.69) is 4.72 Å². The maximum absolute atomic E-state index is 12.1. The largest absolute Gasteiger partial charge is 0.242 e. The molecule has 0 aromatic heterocycles. The van der Waals surface area contributed by atoms with Crippen molar-refractivity contribution in [3.8, 4) is 0 Å². The predicted octanol–water partition coefficient (Wildman–Crippen LogP) is 3.29. The van der Waals surface area contributed by atoms with Crippen molar-refractivity contribution in [3.05, 3.63) is 28.2 Å². The quantitative estimate of drug-likeness (QED) is 0.843. The Labute approximate surface area is 121 Å². The van der Waals surface area contributed by atoms with Crippen molar-refractivity contribution in [2.45, 2.75) is 17.7 Å². The molecule has 0 unspecified atom stereocenters. The lowest BCUT2D eigenvalue weighted by Gasteiger charge is -2.13. The second kappa shape index (κ2) is 5.17. The highest BCUT2D eigenvalue weighted by molar-refractivity contribution is 7.89. The molecule has 0 aliphatic heterocycles. The molecule has 0 radical (unpaired) electrons. The summed E-state index contributed by atoms with van der Waals surface area (Å²) in [5.41, 5.74) is -0.0837. The normalized spacial score (nSPS) is 17.7. The van der Waals surface area contributed by atoms with Crippen molar-refractivity contribution in [1.82, 2.24) is 4.72 Å². The molecule has 0 bridgehead atoms. The van der Waals surface area contributed by atoms with E-state index in [1.54, 1.807) is 6.07 Å². The molecule has 100 valence electrons. The number of halogens is 3. The molecule has 1 aliphatic carbocycles. The Bertz CT molecular complexity index is 555. The number of hydrogen-bond donors (Lipinski definition) is 1. The Kier molecular flexibility index (Phi) is 4.14. The number of sulfonamides is 1. The van der Waals surface area contributed by atoms with E-state index in [4.69, 9.17) is 34.8 Å². The summed E-state index contributed by atoms with van der Waals surface area (Å²) in [4.78, 5) is 0.00189. The topological polar surface area (TPSA) is 46.2 Å². The highest BCUT2D eigenvalue weighted by Gasteiger charge is 2.42. The van der Waals surface area contributed by atoms with Gasteiger partial charge in [-0.05, 0) is 36.5 Å². The summed E-state index contributed by atoms with van der Waals surface area (Å²) in [7, 11) is -3.64. The van der Waals surface area contributed by atoms with Gasteiger partial charge in [0.25, 0.3) is 0 Å².